The van der Waals surface area contributed by atoms with Gasteiger partial charge in [0.2, 0.25) is 5.78 Å². The molecule has 3 rings (SSSR count). The van der Waals surface area contributed by atoms with Crippen molar-refractivity contribution in [3.63, 3.8) is 0 Å². The Hall–Kier alpha value is -3.41. The second-order valence-electron chi connectivity index (χ2n) is 5.96. The van der Waals surface area contributed by atoms with Gasteiger partial charge in [-0.3, -0.25) is 9.59 Å². The summed E-state index contributed by atoms with van der Waals surface area (Å²) < 4.78 is 10.6. The molecule has 0 saturated heterocycles. The lowest BCUT2D eigenvalue weighted by Gasteiger charge is -2.13. The summed E-state index contributed by atoms with van der Waals surface area (Å²) in [5.74, 6) is -0.438. The van der Waals surface area contributed by atoms with E-state index in [4.69, 9.17) is 9.47 Å². The number of para-hydroxylation sites is 1. The Labute approximate surface area is 155 Å². The maximum Gasteiger partial charge on any atom is 0.355 e. The number of Topliss-reactive ketones (excluding diaryl/α,β-unsaturated/α-hetero) is 1. The molecule has 0 saturated carbocycles. The fourth-order valence-electron chi connectivity index (χ4n) is 2.70. The highest BCUT2D eigenvalue weighted by molar-refractivity contribution is 6.01. The van der Waals surface area contributed by atoms with Crippen LogP contribution in [-0.4, -0.2) is 29.4 Å². The predicted molar refractivity (Wildman–Crippen MR) is 101 cm³/mol. The molecule has 0 aliphatic rings. The minimum Gasteiger partial charge on any atom is -0.494 e. The molecule has 0 spiro atoms. The Balaban J connectivity index is 1.75. The molecule has 27 heavy (non-hydrogen) atoms. The first-order valence-corrected chi connectivity index (χ1v) is 8.59. The van der Waals surface area contributed by atoms with Crippen molar-refractivity contribution in [2.24, 2.45) is 0 Å². The van der Waals surface area contributed by atoms with Crippen LogP contribution in [0.4, 0.5) is 0 Å². The van der Waals surface area contributed by atoms with Crippen molar-refractivity contribution in [3.05, 3.63) is 76.1 Å². The van der Waals surface area contributed by atoms with Gasteiger partial charge in [-0.05, 0) is 50.2 Å². The summed E-state index contributed by atoms with van der Waals surface area (Å²) in [5.41, 5.74) is 0.653. The number of aromatic amines is 1. The summed E-state index contributed by atoms with van der Waals surface area (Å²) in [7, 11) is 0. The van der Waals surface area contributed by atoms with E-state index in [9.17, 15) is 14.4 Å². The number of benzene rings is 2. The minimum absolute atomic E-state index is 0.00467. The SMILES string of the molecule is CCOc1ccc(C(=O)C(C)OC(=O)c2cc(=O)c3ccccc3[nH]2)cc1. The van der Waals surface area contributed by atoms with E-state index < -0.39 is 12.1 Å². The van der Waals surface area contributed by atoms with Gasteiger partial charge in [0.1, 0.15) is 11.4 Å². The number of pyridine rings is 1. The number of carbonyl (C=O) groups is 2. The van der Waals surface area contributed by atoms with E-state index >= 15 is 0 Å². The van der Waals surface area contributed by atoms with Crippen molar-refractivity contribution in [2.75, 3.05) is 6.61 Å². The van der Waals surface area contributed by atoms with Crippen LogP contribution in [0.1, 0.15) is 34.7 Å². The van der Waals surface area contributed by atoms with Gasteiger partial charge in [-0.2, -0.15) is 0 Å². The van der Waals surface area contributed by atoms with Crippen molar-refractivity contribution in [2.45, 2.75) is 20.0 Å². The fraction of sp³-hybridized carbons (Fsp3) is 0.190. The number of nitrogens with one attached hydrogen (secondary N) is 1. The first-order valence-electron chi connectivity index (χ1n) is 8.59. The first-order chi connectivity index (χ1) is 13.0. The zero-order valence-corrected chi connectivity index (χ0v) is 15.0. The molecule has 0 amide bonds. The van der Waals surface area contributed by atoms with E-state index in [0.717, 1.165) is 0 Å². The number of fused-ring (bicyclic) bond motifs is 1. The Morgan fingerprint density at radius 1 is 1.07 bits per heavy atom. The van der Waals surface area contributed by atoms with Gasteiger partial charge in [0.25, 0.3) is 0 Å². The van der Waals surface area contributed by atoms with Crippen LogP contribution in [-0.2, 0) is 4.74 Å². The highest BCUT2D eigenvalue weighted by atomic mass is 16.5. The van der Waals surface area contributed by atoms with Gasteiger partial charge in [-0.25, -0.2) is 4.79 Å². The van der Waals surface area contributed by atoms with Crippen LogP contribution in [0.2, 0.25) is 0 Å². The zero-order chi connectivity index (χ0) is 19.4. The maximum atomic E-state index is 12.5. The zero-order valence-electron chi connectivity index (χ0n) is 15.0. The normalized spacial score (nSPS) is 11.8. The number of ketones is 1. The molecule has 1 unspecified atom stereocenters. The molecular formula is C21H19NO5. The van der Waals surface area contributed by atoms with Gasteiger partial charge in [-0.15, -0.1) is 0 Å². The van der Waals surface area contributed by atoms with Crippen LogP contribution in [0, 0.1) is 0 Å². The molecule has 138 valence electrons. The number of hydrogen-bond donors (Lipinski definition) is 1. The van der Waals surface area contributed by atoms with Crippen molar-refractivity contribution in [1.82, 2.24) is 4.98 Å². The second kappa shape index (κ2) is 7.86. The van der Waals surface area contributed by atoms with Gasteiger partial charge >= 0.3 is 5.97 Å². The van der Waals surface area contributed by atoms with E-state index in [1.165, 1.54) is 13.0 Å². The highest BCUT2D eigenvalue weighted by Crippen LogP contribution is 2.15. The van der Waals surface area contributed by atoms with Crippen molar-refractivity contribution < 1.29 is 19.1 Å². The Morgan fingerprint density at radius 2 is 1.78 bits per heavy atom. The summed E-state index contributed by atoms with van der Waals surface area (Å²) in [4.78, 5) is 39.8. The average molecular weight is 365 g/mol. The number of rotatable bonds is 6. The molecule has 1 heterocycles. The molecule has 3 aromatic rings. The summed E-state index contributed by atoms with van der Waals surface area (Å²) in [6.45, 7) is 3.90. The van der Waals surface area contributed by atoms with Crippen molar-refractivity contribution in [1.29, 1.82) is 0 Å². The summed E-state index contributed by atoms with van der Waals surface area (Å²) >= 11 is 0. The van der Waals surface area contributed by atoms with E-state index in [-0.39, 0.29) is 16.9 Å². The number of ether oxygens (including phenoxy) is 2. The van der Waals surface area contributed by atoms with Gasteiger partial charge in [-0.1, -0.05) is 12.1 Å². The number of carbonyl (C=O) groups excluding carboxylic acids is 2. The maximum absolute atomic E-state index is 12.5. The molecule has 0 aliphatic carbocycles. The van der Waals surface area contributed by atoms with Crippen LogP contribution < -0.4 is 10.2 Å². The number of hydrogen-bond acceptors (Lipinski definition) is 5. The molecule has 0 aliphatic heterocycles. The highest BCUT2D eigenvalue weighted by Gasteiger charge is 2.21. The van der Waals surface area contributed by atoms with Crippen LogP contribution in [0.25, 0.3) is 10.9 Å². The topological polar surface area (TPSA) is 85.5 Å². The van der Waals surface area contributed by atoms with Gasteiger partial charge in [0.05, 0.1) is 6.61 Å². The second-order valence-corrected chi connectivity index (χ2v) is 5.96. The molecule has 6 heteroatoms. The van der Waals surface area contributed by atoms with Gasteiger partial charge < -0.3 is 14.5 Å². The molecule has 0 bridgehead atoms. The van der Waals surface area contributed by atoms with E-state index in [1.807, 2.05) is 6.92 Å². The van der Waals surface area contributed by atoms with Crippen LogP contribution in [0.5, 0.6) is 5.75 Å². The molecule has 1 N–H and O–H groups in total. The molecule has 2 aromatic carbocycles. The Morgan fingerprint density at radius 3 is 2.48 bits per heavy atom. The Bertz CT molecular complexity index is 1040. The average Bonchev–Trinajstić information content (AvgIpc) is 2.68. The molecule has 1 atom stereocenters. The van der Waals surface area contributed by atoms with Gasteiger partial charge in [0, 0.05) is 22.5 Å². The fourth-order valence-corrected chi connectivity index (χ4v) is 2.70. The number of aromatic nitrogens is 1. The van der Waals surface area contributed by atoms with E-state index in [1.54, 1.807) is 48.5 Å². The monoisotopic (exact) mass is 365 g/mol. The smallest absolute Gasteiger partial charge is 0.355 e. The lowest BCUT2D eigenvalue weighted by atomic mass is 10.1. The lowest BCUT2D eigenvalue weighted by Crippen LogP contribution is -2.25. The van der Waals surface area contributed by atoms with Crippen LogP contribution in [0.15, 0.2) is 59.4 Å². The number of H-pyrrole nitrogens is 1. The van der Waals surface area contributed by atoms with Crippen molar-refractivity contribution in [3.8, 4) is 5.75 Å². The van der Waals surface area contributed by atoms with Gasteiger partial charge in [0.15, 0.2) is 11.5 Å². The third-order valence-electron chi connectivity index (χ3n) is 4.06. The van der Waals surface area contributed by atoms with Crippen LogP contribution in [0.3, 0.4) is 0 Å². The summed E-state index contributed by atoms with van der Waals surface area (Å²) in [5, 5.41) is 0.479. The lowest BCUT2D eigenvalue weighted by molar-refractivity contribution is 0.0313. The largest absolute Gasteiger partial charge is 0.494 e. The third kappa shape index (κ3) is 4.06. The molecule has 0 radical (unpaired) electrons. The van der Waals surface area contributed by atoms with Crippen molar-refractivity contribution >= 4 is 22.7 Å². The van der Waals surface area contributed by atoms with Crippen LogP contribution >= 0.6 is 0 Å². The standard InChI is InChI=1S/C21H19NO5/c1-3-26-15-10-8-14(9-11-15)20(24)13(2)27-21(25)18-12-19(23)16-6-4-5-7-17(16)22-18/h4-13H,3H2,1-2H3,(H,22,23). The minimum atomic E-state index is -0.995. The van der Waals surface area contributed by atoms with E-state index in [0.29, 0.717) is 28.8 Å². The van der Waals surface area contributed by atoms with E-state index in [2.05, 4.69) is 4.98 Å². The summed E-state index contributed by atoms with van der Waals surface area (Å²) in [6, 6.07) is 14.7. The number of esters is 1. The Kier molecular flexibility index (Phi) is 5.35. The molecule has 1 aromatic heterocycles. The summed E-state index contributed by atoms with van der Waals surface area (Å²) in [6.07, 6.45) is -0.995. The molecular weight excluding hydrogens is 346 g/mol. The first kappa shape index (κ1) is 18.4. The molecule has 6 nitrogen and oxygen atoms in total. The molecule has 0 fully saturated rings. The quantitative estimate of drug-likeness (QED) is 0.535. The predicted octanol–water partition coefficient (Wildman–Crippen LogP) is 3.36. The third-order valence-corrected chi connectivity index (χ3v) is 4.06.